The first-order chi connectivity index (χ1) is 34.7. The van der Waals surface area contributed by atoms with Crippen LogP contribution in [0.4, 0.5) is 11.4 Å². The van der Waals surface area contributed by atoms with Crippen molar-refractivity contribution in [1.82, 2.24) is 30.1 Å². The van der Waals surface area contributed by atoms with Gasteiger partial charge in [-0.1, -0.05) is 70.1 Å². The van der Waals surface area contributed by atoms with Crippen molar-refractivity contribution in [3.8, 4) is 0 Å². The first kappa shape index (κ1) is 55.3. The third kappa shape index (κ3) is 15.3. The Morgan fingerprint density at radius 3 is 1.53 bits per heavy atom. The molecule has 13 nitrogen and oxygen atoms in total. The van der Waals surface area contributed by atoms with Crippen LogP contribution in [0.2, 0.25) is 25.1 Å². The number of fused-ring (bicyclic) bond motifs is 9. The SMILES string of the molecule is Cl.Clc1ccc2[nH]c3c(c2c1)CCNC3.Nc1cccc(Cl)c1.O=C(CCN1CCc2c([nH]c3ccc(Cl)cc23)C1)Nc1cccc(Cl)c1.O=C(O)CCN1CCc2c([nH]c3ccc(Cl)cc23)C1.O=C1CCO1. The van der Waals surface area contributed by atoms with Crippen molar-refractivity contribution in [1.29, 1.82) is 0 Å². The average Bonchev–Trinajstić information content (AvgIpc) is 4.03. The highest BCUT2D eigenvalue weighted by Gasteiger charge is 2.23. The van der Waals surface area contributed by atoms with Crippen LogP contribution < -0.4 is 16.4 Å². The largest absolute Gasteiger partial charge is 0.481 e. The Morgan fingerprint density at radius 1 is 0.616 bits per heavy atom. The lowest BCUT2D eigenvalue weighted by Crippen LogP contribution is -2.33. The quantitative estimate of drug-likeness (QED) is 0.0603. The number of aromatic nitrogens is 3. The molecule has 4 aliphatic rings. The van der Waals surface area contributed by atoms with Gasteiger partial charge in [-0.2, -0.15) is 0 Å². The Kier molecular flexibility index (Phi) is 19.8. The van der Waals surface area contributed by atoms with Gasteiger partial charge in [-0.25, -0.2) is 0 Å². The zero-order valence-electron chi connectivity index (χ0n) is 39.8. The summed E-state index contributed by atoms with van der Waals surface area (Å²) in [5, 5.41) is 22.3. The van der Waals surface area contributed by atoms with Gasteiger partial charge in [0.05, 0.1) is 12.8 Å². The van der Waals surface area contributed by atoms with Gasteiger partial charge in [0.2, 0.25) is 5.91 Å². The van der Waals surface area contributed by atoms with Crippen molar-refractivity contribution in [2.24, 2.45) is 0 Å². The maximum atomic E-state index is 12.2. The van der Waals surface area contributed by atoms with Crippen LogP contribution in [-0.4, -0.2) is 87.0 Å². The summed E-state index contributed by atoms with van der Waals surface area (Å²) in [5.41, 5.74) is 18.1. The number of anilines is 2. The molecule has 8 N–H and O–H groups in total. The Hall–Kier alpha value is -5.45. The molecular weight excluding hydrogens is 1050 g/mol. The van der Waals surface area contributed by atoms with Gasteiger partial charge in [-0.3, -0.25) is 24.2 Å². The number of amides is 1. The number of carboxylic acids is 1. The van der Waals surface area contributed by atoms with E-state index in [1.54, 1.807) is 30.3 Å². The van der Waals surface area contributed by atoms with Crippen LogP contribution in [0.3, 0.4) is 0 Å². The lowest BCUT2D eigenvalue weighted by atomic mass is 10.0. The second-order valence-electron chi connectivity index (χ2n) is 17.8. The first-order valence-electron chi connectivity index (χ1n) is 23.7. The van der Waals surface area contributed by atoms with Crippen LogP contribution in [0, 0.1) is 0 Å². The van der Waals surface area contributed by atoms with Gasteiger partial charge in [-0.05, 0) is 133 Å². The molecule has 384 valence electrons. The number of H-pyrrole nitrogens is 3. The van der Waals surface area contributed by atoms with E-state index in [1.807, 2.05) is 60.7 Å². The molecule has 0 atom stereocenters. The molecule has 8 aromatic rings. The second kappa shape index (κ2) is 26.2. The zero-order chi connectivity index (χ0) is 50.7. The molecule has 1 saturated heterocycles. The molecule has 0 spiro atoms. The Morgan fingerprint density at radius 2 is 1.08 bits per heavy atom. The topological polar surface area (TPSA) is 185 Å². The third-order valence-electron chi connectivity index (χ3n) is 12.7. The van der Waals surface area contributed by atoms with Gasteiger partial charge in [0.1, 0.15) is 6.61 Å². The summed E-state index contributed by atoms with van der Waals surface area (Å²) >= 11 is 29.7. The molecule has 0 aliphatic carbocycles. The Balaban J connectivity index is 0.000000146. The van der Waals surface area contributed by atoms with E-state index in [9.17, 15) is 14.4 Å². The summed E-state index contributed by atoms with van der Waals surface area (Å²) in [4.78, 5) is 47.3. The van der Waals surface area contributed by atoms with E-state index in [2.05, 4.69) is 52.3 Å². The fourth-order valence-corrected chi connectivity index (χ4v) is 9.96. The molecule has 7 heterocycles. The average molecular weight is 1110 g/mol. The van der Waals surface area contributed by atoms with Crippen LogP contribution in [0.5, 0.6) is 0 Å². The van der Waals surface area contributed by atoms with Crippen molar-refractivity contribution in [3.63, 3.8) is 0 Å². The minimum absolute atomic E-state index is 0. The highest BCUT2D eigenvalue weighted by atomic mass is 35.5. The van der Waals surface area contributed by atoms with Gasteiger partial charge < -0.3 is 41.2 Å². The van der Waals surface area contributed by atoms with Crippen LogP contribution >= 0.6 is 70.4 Å². The number of cyclic esters (lactones) is 1. The van der Waals surface area contributed by atoms with Gasteiger partial charge in [0.15, 0.2) is 0 Å². The molecule has 19 heteroatoms. The highest BCUT2D eigenvalue weighted by Crippen LogP contribution is 2.32. The number of nitrogen functional groups attached to an aromatic ring is 1. The number of carboxylic acid groups (broad SMARTS) is 1. The number of nitrogens with zero attached hydrogens (tertiary/aromatic N) is 2. The molecular formula is C54H56Cl6N8O5. The van der Waals surface area contributed by atoms with Gasteiger partial charge >= 0.3 is 11.9 Å². The fourth-order valence-electron chi connectivity index (χ4n) is 9.05. The number of ether oxygens (including phenoxy) is 1. The normalized spacial score (nSPS) is 14.6. The van der Waals surface area contributed by atoms with E-state index in [0.29, 0.717) is 41.7 Å². The number of aromatic amines is 3. The minimum atomic E-state index is -0.741. The molecule has 5 aromatic carbocycles. The monoisotopic (exact) mass is 1110 g/mol. The molecule has 1 fully saturated rings. The standard InChI is InChI=1S/C20H19Cl2N3O.C14H15ClN2O2.C11H11ClN2.C6H6ClN.C3H4O2.ClH/c21-13-2-1-3-15(10-13)23-20(26)7-9-25-8-6-16-17-11-14(22)4-5-18(17)24-19(16)12-25;15-9-1-2-12-11(7-9)10-3-5-17(6-4-14(18)19)8-13(10)16-12;12-7-1-2-10-9(5-7)8-3-4-13-6-11(8)14-10;7-5-2-1-3-6(8)4-5;4-3-1-2-5-3;/h1-5,10-11,24H,6-9,12H2,(H,23,26);1-2,7,16H,3-6,8H2,(H,18,19);1-2,5,13-14H,3-4,6H2;1-4H,8H2;1-2H2;1H. The summed E-state index contributed by atoms with van der Waals surface area (Å²) in [6.45, 7) is 7.43. The fraction of sp³-hybridized carbons (Fsp3) is 0.278. The molecule has 0 radical (unpaired) electrons. The van der Waals surface area contributed by atoms with Crippen molar-refractivity contribution in [3.05, 3.63) is 162 Å². The smallest absolute Gasteiger partial charge is 0.309 e. The number of nitrogens with one attached hydrogen (secondary N) is 5. The molecule has 1 amide bonds. The van der Waals surface area contributed by atoms with E-state index in [-0.39, 0.29) is 30.7 Å². The van der Waals surface area contributed by atoms with Crippen LogP contribution in [0.25, 0.3) is 32.7 Å². The third-order valence-corrected chi connectivity index (χ3v) is 13.8. The lowest BCUT2D eigenvalue weighted by Gasteiger charge is -2.26. The van der Waals surface area contributed by atoms with Crippen molar-refractivity contribution >= 4 is 132 Å². The minimum Gasteiger partial charge on any atom is -0.481 e. The summed E-state index contributed by atoms with van der Waals surface area (Å²) in [7, 11) is 0. The molecule has 3 aromatic heterocycles. The number of hydrogen-bond acceptors (Lipinski definition) is 8. The number of esters is 1. The number of rotatable bonds is 7. The predicted octanol–water partition coefficient (Wildman–Crippen LogP) is 12.3. The molecule has 12 rings (SSSR count). The summed E-state index contributed by atoms with van der Waals surface area (Å²) in [6.07, 6.45) is 4.27. The van der Waals surface area contributed by atoms with Gasteiger partial charge in [0.25, 0.3) is 0 Å². The highest BCUT2D eigenvalue weighted by molar-refractivity contribution is 6.32. The summed E-state index contributed by atoms with van der Waals surface area (Å²) < 4.78 is 4.29. The first-order valence-corrected chi connectivity index (χ1v) is 25.6. The number of hydrogen-bond donors (Lipinski definition) is 7. The molecule has 4 aliphatic heterocycles. The number of halogens is 6. The van der Waals surface area contributed by atoms with E-state index in [1.165, 1.54) is 55.4 Å². The van der Waals surface area contributed by atoms with E-state index in [4.69, 9.17) is 68.8 Å². The summed E-state index contributed by atoms with van der Waals surface area (Å²) in [5.74, 6) is -0.805. The van der Waals surface area contributed by atoms with Gasteiger partial charge in [0, 0.05) is 139 Å². The molecule has 0 bridgehead atoms. The van der Waals surface area contributed by atoms with E-state index >= 15 is 0 Å². The van der Waals surface area contributed by atoms with E-state index < -0.39 is 5.97 Å². The number of carbonyl (C=O) groups is 3. The number of carbonyl (C=O) groups excluding carboxylic acids is 2. The van der Waals surface area contributed by atoms with Crippen LogP contribution in [-0.2, 0) is 58.0 Å². The number of aliphatic carboxylic acids is 1. The van der Waals surface area contributed by atoms with Crippen LogP contribution in [0.1, 0.15) is 53.0 Å². The van der Waals surface area contributed by atoms with E-state index in [0.717, 1.165) is 96.9 Å². The number of benzene rings is 5. The zero-order valence-corrected chi connectivity index (χ0v) is 44.4. The van der Waals surface area contributed by atoms with Crippen molar-refractivity contribution in [2.45, 2.75) is 58.2 Å². The number of nitrogens with two attached hydrogens (primary N) is 1. The predicted molar refractivity (Wildman–Crippen MR) is 299 cm³/mol. The maximum absolute atomic E-state index is 12.2. The van der Waals surface area contributed by atoms with Crippen LogP contribution in [0.15, 0.2) is 103 Å². The summed E-state index contributed by atoms with van der Waals surface area (Å²) in [6, 6.07) is 32.2. The Bertz CT molecular complexity index is 3190. The Labute approximate surface area is 454 Å². The molecule has 0 saturated carbocycles. The van der Waals surface area contributed by atoms with Crippen molar-refractivity contribution < 1.29 is 24.2 Å². The van der Waals surface area contributed by atoms with Crippen molar-refractivity contribution in [2.75, 3.05) is 50.4 Å². The van der Waals surface area contributed by atoms with Gasteiger partial charge in [-0.15, -0.1) is 12.4 Å². The maximum Gasteiger partial charge on any atom is 0.309 e. The lowest BCUT2D eigenvalue weighted by molar-refractivity contribution is -0.157. The second-order valence-corrected chi connectivity index (χ2v) is 20.0. The molecule has 0 unspecified atom stereocenters. The molecule has 73 heavy (non-hydrogen) atoms.